The van der Waals surface area contributed by atoms with E-state index < -0.39 is 0 Å². The normalized spacial score (nSPS) is 11.4. The van der Waals surface area contributed by atoms with Gasteiger partial charge in [0.25, 0.3) is 0 Å². The Labute approximate surface area is 122 Å². The van der Waals surface area contributed by atoms with Crippen LogP contribution in [0.4, 0.5) is 0 Å². The Bertz CT molecular complexity index is 154. The lowest BCUT2D eigenvalue weighted by molar-refractivity contribution is 0.537. The largest absolute Gasteiger partial charge is 0.316 e. The van der Waals surface area contributed by atoms with Crippen LogP contribution in [0.2, 0.25) is 0 Å². The molecule has 0 spiro atoms. The van der Waals surface area contributed by atoms with Crippen molar-refractivity contribution in [1.82, 2.24) is 5.32 Å². The molecule has 0 aliphatic heterocycles. The van der Waals surface area contributed by atoms with Gasteiger partial charge in [-0.2, -0.15) is 0 Å². The minimum Gasteiger partial charge on any atom is -0.316 e. The van der Waals surface area contributed by atoms with E-state index in [1.54, 1.807) is 0 Å². The van der Waals surface area contributed by atoms with E-state index in [-0.39, 0.29) is 0 Å². The van der Waals surface area contributed by atoms with E-state index >= 15 is 0 Å². The Hall–Kier alpha value is -0.0400. The zero-order chi connectivity index (χ0) is 14.2. The maximum atomic E-state index is 3.48. The van der Waals surface area contributed by atoms with Crippen LogP contribution >= 0.6 is 0 Å². The van der Waals surface area contributed by atoms with Gasteiger partial charge in [0.2, 0.25) is 0 Å². The molecule has 0 unspecified atom stereocenters. The molecule has 0 rings (SSSR count). The molecule has 0 bridgehead atoms. The zero-order valence-electron chi connectivity index (χ0n) is 13.9. The molecular formula is C18H38N. The Morgan fingerprint density at radius 1 is 0.632 bits per heavy atom. The van der Waals surface area contributed by atoms with Gasteiger partial charge >= 0.3 is 0 Å². The first-order chi connectivity index (χ1) is 9.27. The molecule has 1 radical (unpaired) electrons. The Balaban J connectivity index is 2.91. The molecule has 0 atom stereocenters. The van der Waals surface area contributed by atoms with Crippen LogP contribution in [0.5, 0.6) is 0 Å². The van der Waals surface area contributed by atoms with Gasteiger partial charge in [-0.15, -0.1) is 0 Å². The van der Waals surface area contributed by atoms with E-state index in [4.69, 9.17) is 0 Å². The van der Waals surface area contributed by atoms with Crippen LogP contribution in [-0.2, 0) is 0 Å². The van der Waals surface area contributed by atoms with Crippen LogP contribution in [0.15, 0.2) is 0 Å². The van der Waals surface area contributed by atoms with Gasteiger partial charge in [-0.1, -0.05) is 91.4 Å². The molecule has 19 heavy (non-hydrogen) atoms. The molecule has 0 aromatic carbocycles. The lowest BCUT2D eigenvalue weighted by Gasteiger charge is -2.06. The van der Waals surface area contributed by atoms with Crippen molar-refractivity contribution in [2.24, 2.45) is 0 Å². The minimum absolute atomic E-state index is 1.10. The van der Waals surface area contributed by atoms with Crippen LogP contribution < -0.4 is 5.32 Å². The Morgan fingerprint density at radius 2 is 1.05 bits per heavy atom. The van der Waals surface area contributed by atoms with Crippen molar-refractivity contribution >= 4 is 0 Å². The quantitative estimate of drug-likeness (QED) is 0.365. The summed E-state index contributed by atoms with van der Waals surface area (Å²) in [7, 11) is 0. The van der Waals surface area contributed by atoms with Crippen molar-refractivity contribution in [3.63, 3.8) is 0 Å². The maximum Gasteiger partial charge on any atom is 0.000811 e. The van der Waals surface area contributed by atoms with Crippen LogP contribution in [0.3, 0.4) is 0 Å². The molecular weight excluding hydrogens is 230 g/mol. The highest BCUT2D eigenvalue weighted by atomic mass is 14.8. The lowest BCUT2D eigenvalue weighted by atomic mass is 10.1. The molecule has 0 aromatic heterocycles. The summed E-state index contributed by atoms with van der Waals surface area (Å²) in [6.45, 7) is 8.96. The summed E-state index contributed by atoms with van der Waals surface area (Å²) in [5.41, 5.74) is 0. The summed E-state index contributed by atoms with van der Waals surface area (Å²) in [6, 6.07) is 0. The predicted molar refractivity (Wildman–Crippen MR) is 88.5 cm³/mol. The van der Waals surface area contributed by atoms with Gasteiger partial charge in [-0.05, 0) is 18.9 Å². The van der Waals surface area contributed by atoms with E-state index in [2.05, 4.69) is 26.1 Å². The molecule has 0 fully saturated rings. The number of nitrogens with one attached hydrogen (secondary N) is 1. The van der Waals surface area contributed by atoms with Gasteiger partial charge in [-0.3, -0.25) is 0 Å². The van der Waals surface area contributed by atoms with Crippen molar-refractivity contribution in [3.8, 4) is 0 Å². The third-order valence-corrected chi connectivity index (χ3v) is 3.69. The highest BCUT2D eigenvalue weighted by Gasteiger charge is 1.95. The number of unbranched alkanes of at least 4 members (excludes halogenated alkanes) is 11. The fourth-order valence-electron chi connectivity index (χ4n) is 2.43. The zero-order valence-corrected chi connectivity index (χ0v) is 13.9. The minimum atomic E-state index is 1.10. The van der Waals surface area contributed by atoms with Gasteiger partial charge in [0.05, 0.1) is 0 Å². The molecule has 1 nitrogen and oxygen atoms in total. The second-order valence-electron chi connectivity index (χ2n) is 6.27. The van der Waals surface area contributed by atoms with Gasteiger partial charge < -0.3 is 5.32 Å². The molecule has 0 aromatic rings. The first-order valence-electron chi connectivity index (χ1n) is 8.77. The average molecular weight is 269 g/mol. The summed E-state index contributed by atoms with van der Waals surface area (Å²) in [5.74, 6) is 1.49. The fraction of sp³-hybridized carbons (Fsp3) is 0.944. The van der Waals surface area contributed by atoms with E-state index in [0.29, 0.717) is 0 Å². The molecule has 0 saturated carbocycles. The molecule has 1 N–H and O–H groups in total. The van der Waals surface area contributed by atoms with Gasteiger partial charge in [-0.25, -0.2) is 0 Å². The molecule has 0 amide bonds. The van der Waals surface area contributed by atoms with Crippen LogP contribution in [0, 0.1) is 5.92 Å². The van der Waals surface area contributed by atoms with E-state index in [1.807, 2.05) is 0 Å². The SMILES string of the molecule is CCCCCCCCCCCCCCNC[C](C)C. The number of hydrogen-bond donors (Lipinski definition) is 1. The summed E-state index contributed by atoms with van der Waals surface area (Å²) in [4.78, 5) is 0. The summed E-state index contributed by atoms with van der Waals surface area (Å²) < 4.78 is 0. The van der Waals surface area contributed by atoms with Crippen molar-refractivity contribution in [3.05, 3.63) is 5.92 Å². The standard InChI is InChI=1S/C18H38N/c1-4-5-6-7-8-9-10-11-12-13-14-15-16-19-17-18(2)3/h19H,4-17H2,1-3H3. The molecule has 0 aliphatic rings. The van der Waals surface area contributed by atoms with Crippen LogP contribution in [0.25, 0.3) is 0 Å². The van der Waals surface area contributed by atoms with Gasteiger partial charge in [0.1, 0.15) is 0 Å². The van der Waals surface area contributed by atoms with Crippen LogP contribution in [-0.4, -0.2) is 13.1 Å². The molecule has 0 saturated heterocycles. The second kappa shape index (κ2) is 16.0. The molecule has 115 valence electrons. The smallest absolute Gasteiger partial charge is 0.000811 e. The highest BCUT2D eigenvalue weighted by molar-refractivity contribution is 4.79. The Kier molecular flexibility index (Phi) is 16.0. The monoisotopic (exact) mass is 268 g/mol. The van der Waals surface area contributed by atoms with Crippen molar-refractivity contribution < 1.29 is 0 Å². The lowest BCUT2D eigenvalue weighted by Crippen LogP contribution is -2.19. The third kappa shape index (κ3) is 18.0. The highest BCUT2D eigenvalue weighted by Crippen LogP contribution is 2.11. The van der Waals surface area contributed by atoms with E-state index in [1.165, 1.54) is 89.5 Å². The van der Waals surface area contributed by atoms with E-state index in [9.17, 15) is 0 Å². The first-order valence-corrected chi connectivity index (χ1v) is 8.77. The van der Waals surface area contributed by atoms with Crippen molar-refractivity contribution in [1.29, 1.82) is 0 Å². The molecule has 1 heteroatoms. The fourth-order valence-corrected chi connectivity index (χ4v) is 2.43. The van der Waals surface area contributed by atoms with Gasteiger partial charge in [0, 0.05) is 6.54 Å². The molecule has 0 heterocycles. The Morgan fingerprint density at radius 3 is 1.47 bits per heavy atom. The third-order valence-electron chi connectivity index (χ3n) is 3.69. The molecule has 0 aliphatic carbocycles. The van der Waals surface area contributed by atoms with Crippen molar-refractivity contribution in [2.45, 2.75) is 97.8 Å². The predicted octanol–water partition coefficient (Wildman–Crippen LogP) is 5.89. The number of hydrogen-bond acceptors (Lipinski definition) is 1. The maximum absolute atomic E-state index is 3.48. The van der Waals surface area contributed by atoms with E-state index in [0.717, 1.165) is 6.54 Å². The average Bonchev–Trinajstić information content (AvgIpc) is 2.39. The second-order valence-corrected chi connectivity index (χ2v) is 6.27. The summed E-state index contributed by atoms with van der Waals surface area (Å²) in [6.07, 6.45) is 17.2. The topological polar surface area (TPSA) is 12.0 Å². The number of rotatable bonds is 15. The summed E-state index contributed by atoms with van der Waals surface area (Å²) >= 11 is 0. The van der Waals surface area contributed by atoms with Gasteiger partial charge in [0.15, 0.2) is 0 Å². The summed E-state index contributed by atoms with van der Waals surface area (Å²) in [5, 5.41) is 3.48. The first kappa shape index (κ1) is 19.0. The van der Waals surface area contributed by atoms with Crippen LogP contribution in [0.1, 0.15) is 97.8 Å². The van der Waals surface area contributed by atoms with Crippen molar-refractivity contribution in [2.75, 3.05) is 13.1 Å².